The lowest BCUT2D eigenvalue weighted by molar-refractivity contribution is 0.911. The predicted octanol–water partition coefficient (Wildman–Crippen LogP) is 3.49. The van der Waals surface area contributed by atoms with Crippen LogP contribution in [0.15, 0.2) is 59.6 Å². The van der Waals surface area contributed by atoms with Crippen LogP contribution in [0.25, 0.3) is 0 Å². The Labute approximate surface area is 128 Å². The quantitative estimate of drug-likeness (QED) is 0.942. The lowest BCUT2D eigenvalue weighted by Gasteiger charge is -2.09. The molecule has 4 heteroatoms. The fraction of sp³-hybridized carbons (Fsp3) is 0.176. The Morgan fingerprint density at radius 3 is 2.86 bits per heavy atom. The minimum Gasteiger partial charge on any atom is -0.361 e. The van der Waals surface area contributed by atoms with Crippen LogP contribution >= 0.6 is 11.8 Å². The molecule has 0 fully saturated rings. The van der Waals surface area contributed by atoms with Gasteiger partial charge in [-0.25, -0.2) is 0 Å². The van der Waals surface area contributed by atoms with Gasteiger partial charge in [-0.05, 0) is 23.3 Å². The molecule has 2 aromatic carbocycles. The van der Waals surface area contributed by atoms with Crippen LogP contribution in [0.5, 0.6) is 0 Å². The average Bonchev–Trinajstić information content (AvgIpc) is 3.03. The molecule has 0 aromatic heterocycles. The number of rotatable bonds is 3. The van der Waals surface area contributed by atoms with Gasteiger partial charge in [0, 0.05) is 6.54 Å². The number of nitrogens with zero attached hydrogens (tertiary/aromatic N) is 2. The topological polar surface area (TPSA) is 48.2 Å². The molecule has 3 rings (SSSR count). The summed E-state index contributed by atoms with van der Waals surface area (Å²) in [5, 5.41) is 13.6. The Balaban J connectivity index is 1.57. The van der Waals surface area contributed by atoms with Gasteiger partial charge in [0.1, 0.15) is 0 Å². The van der Waals surface area contributed by atoms with Crippen molar-refractivity contribution in [3.8, 4) is 6.07 Å². The second-order valence-electron chi connectivity index (χ2n) is 4.83. The van der Waals surface area contributed by atoms with Crippen molar-refractivity contribution in [3.63, 3.8) is 0 Å². The second kappa shape index (κ2) is 6.47. The summed E-state index contributed by atoms with van der Waals surface area (Å²) in [6.45, 7) is 1.51. The largest absolute Gasteiger partial charge is 0.361 e. The van der Waals surface area contributed by atoms with Gasteiger partial charge in [0.2, 0.25) is 0 Å². The smallest absolute Gasteiger partial charge is 0.157 e. The minimum atomic E-state index is 0.402. The van der Waals surface area contributed by atoms with Crippen molar-refractivity contribution < 1.29 is 0 Å². The van der Waals surface area contributed by atoms with E-state index in [1.807, 2.05) is 30.3 Å². The highest BCUT2D eigenvalue weighted by Crippen LogP contribution is 2.34. The zero-order valence-corrected chi connectivity index (χ0v) is 12.3. The molecule has 3 nitrogen and oxygen atoms in total. The van der Waals surface area contributed by atoms with Gasteiger partial charge >= 0.3 is 0 Å². The molecule has 1 N–H and O–H groups in total. The van der Waals surface area contributed by atoms with Gasteiger partial charge < -0.3 is 5.32 Å². The summed E-state index contributed by atoms with van der Waals surface area (Å²) in [4.78, 5) is 4.55. The first-order valence-corrected chi connectivity index (χ1v) is 7.72. The molecule has 104 valence electrons. The summed E-state index contributed by atoms with van der Waals surface area (Å²) >= 11 is 1.77. The van der Waals surface area contributed by atoms with E-state index in [-0.39, 0.29) is 0 Å². The van der Waals surface area contributed by atoms with E-state index >= 15 is 0 Å². The molecule has 0 saturated heterocycles. The summed E-state index contributed by atoms with van der Waals surface area (Å²) in [6.07, 6.45) is 0. The number of amidine groups is 1. The molecule has 1 heterocycles. The van der Waals surface area contributed by atoms with Gasteiger partial charge in [-0.1, -0.05) is 54.2 Å². The van der Waals surface area contributed by atoms with Crippen LogP contribution in [0, 0.1) is 11.3 Å². The normalized spacial score (nSPS) is 17.1. The van der Waals surface area contributed by atoms with Crippen LogP contribution in [0.1, 0.15) is 21.9 Å². The monoisotopic (exact) mass is 293 g/mol. The standard InChI is InChI=1S/C17H15N3S/c18-10-13-5-4-6-14(9-13)11-19-17-20-12-16(21-17)15-7-2-1-3-8-15/h1-9,16H,11-12H2,(H,19,20). The average molecular weight is 293 g/mol. The maximum atomic E-state index is 8.90. The Kier molecular flexibility index (Phi) is 4.23. The number of hydrogen-bond acceptors (Lipinski definition) is 4. The van der Waals surface area contributed by atoms with E-state index in [2.05, 4.69) is 40.6 Å². The zero-order chi connectivity index (χ0) is 14.5. The van der Waals surface area contributed by atoms with Crippen molar-refractivity contribution in [2.45, 2.75) is 11.8 Å². The first-order chi connectivity index (χ1) is 10.3. The molecule has 21 heavy (non-hydrogen) atoms. The third kappa shape index (κ3) is 3.45. The highest BCUT2D eigenvalue weighted by molar-refractivity contribution is 8.14. The third-order valence-corrected chi connectivity index (χ3v) is 4.53. The zero-order valence-electron chi connectivity index (χ0n) is 11.5. The molecule has 0 saturated carbocycles. The van der Waals surface area contributed by atoms with Gasteiger partial charge in [-0.3, -0.25) is 4.99 Å². The van der Waals surface area contributed by atoms with E-state index < -0.39 is 0 Å². The minimum absolute atomic E-state index is 0.402. The van der Waals surface area contributed by atoms with Crippen molar-refractivity contribution in [3.05, 3.63) is 71.3 Å². The van der Waals surface area contributed by atoms with Gasteiger partial charge in [0.05, 0.1) is 23.4 Å². The molecule has 0 aliphatic carbocycles. The summed E-state index contributed by atoms with van der Waals surface area (Å²) in [7, 11) is 0. The Hall–Kier alpha value is -2.25. The summed E-state index contributed by atoms with van der Waals surface area (Å²) in [6, 6.07) is 20.3. The van der Waals surface area contributed by atoms with E-state index in [4.69, 9.17) is 5.26 Å². The Morgan fingerprint density at radius 1 is 1.19 bits per heavy atom. The van der Waals surface area contributed by atoms with Crippen molar-refractivity contribution in [2.75, 3.05) is 6.54 Å². The van der Waals surface area contributed by atoms with Crippen LogP contribution in [0.4, 0.5) is 0 Å². The molecular formula is C17H15N3S. The maximum absolute atomic E-state index is 8.90. The highest BCUT2D eigenvalue weighted by Gasteiger charge is 2.20. The maximum Gasteiger partial charge on any atom is 0.157 e. The van der Waals surface area contributed by atoms with Gasteiger partial charge in [-0.15, -0.1) is 0 Å². The van der Waals surface area contributed by atoms with E-state index in [9.17, 15) is 0 Å². The van der Waals surface area contributed by atoms with E-state index in [1.165, 1.54) is 5.56 Å². The van der Waals surface area contributed by atoms with Crippen molar-refractivity contribution in [1.82, 2.24) is 5.32 Å². The van der Waals surface area contributed by atoms with Crippen LogP contribution in [0.3, 0.4) is 0 Å². The van der Waals surface area contributed by atoms with E-state index in [0.29, 0.717) is 17.4 Å². The van der Waals surface area contributed by atoms with Crippen molar-refractivity contribution in [1.29, 1.82) is 5.26 Å². The molecule has 1 atom stereocenters. The fourth-order valence-corrected chi connectivity index (χ4v) is 3.26. The van der Waals surface area contributed by atoms with Crippen LogP contribution in [-0.4, -0.2) is 11.7 Å². The number of thioether (sulfide) groups is 1. The van der Waals surface area contributed by atoms with E-state index in [1.54, 1.807) is 11.8 Å². The van der Waals surface area contributed by atoms with Gasteiger partial charge in [-0.2, -0.15) is 5.26 Å². The molecule has 0 bridgehead atoms. The summed E-state index contributed by atoms with van der Waals surface area (Å²) in [5.74, 6) is 0. The van der Waals surface area contributed by atoms with E-state index in [0.717, 1.165) is 17.3 Å². The first kappa shape index (κ1) is 13.7. The molecule has 1 aliphatic heterocycles. The number of aliphatic imine (C=N–C) groups is 1. The third-order valence-electron chi connectivity index (χ3n) is 3.33. The van der Waals surface area contributed by atoms with Crippen LogP contribution < -0.4 is 5.32 Å². The van der Waals surface area contributed by atoms with Gasteiger partial charge in [0.25, 0.3) is 0 Å². The molecule has 0 spiro atoms. The van der Waals surface area contributed by atoms with Crippen LogP contribution in [0.2, 0.25) is 0 Å². The van der Waals surface area contributed by atoms with Gasteiger partial charge in [0.15, 0.2) is 5.17 Å². The summed E-state index contributed by atoms with van der Waals surface area (Å²) in [5.41, 5.74) is 3.10. The number of hydrogen-bond donors (Lipinski definition) is 1. The molecule has 0 radical (unpaired) electrons. The van der Waals surface area contributed by atoms with Crippen LogP contribution in [-0.2, 0) is 6.54 Å². The molecule has 1 unspecified atom stereocenters. The molecular weight excluding hydrogens is 278 g/mol. The summed E-state index contributed by atoms with van der Waals surface area (Å²) < 4.78 is 0. The second-order valence-corrected chi connectivity index (χ2v) is 6.02. The molecule has 1 aliphatic rings. The van der Waals surface area contributed by atoms with Crippen molar-refractivity contribution in [2.24, 2.45) is 4.99 Å². The fourth-order valence-electron chi connectivity index (χ4n) is 2.24. The first-order valence-electron chi connectivity index (χ1n) is 6.84. The SMILES string of the molecule is N#Cc1cccc(CNC2=NCC(c3ccccc3)S2)c1. The lowest BCUT2D eigenvalue weighted by atomic mass is 10.1. The Bertz CT molecular complexity index is 689. The number of nitrogens with one attached hydrogen (secondary N) is 1. The lowest BCUT2D eigenvalue weighted by Crippen LogP contribution is -2.18. The number of nitriles is 1. The Morgan fingerprint density at radius 2 is 2.05 bits per heavy atom. The van der Waals surface area contributed by atoms with Crippen molar-refractivity contribution >= 4 is 16.9 Å². The number of benzene rings is 2. The molecule has 0 amide bonds. The molecule has 2 aromatic rings. The highest BCUT2D eigenvalue weighted by atomic mass is 32.2. The predicted molar refractivity (Wildman–Crippen MR) is 87.1 cm³/mol.